The molecule has 1 aliphatic carbocycles. The zero-order chi connectivity index (χ0) is 17.8. The van der Waals surface area contributed by atoms with Gasteiger partial charge in [0.05, 0.1) is 18.9 Å². The van der Waals surface area contributed by atoms with Gasteiger partial charge in [-0.15, -0.1) is 0 Å². The van der Waals surface area contributed by atoms with Crippen LogP contribution in [0.3, 0.4) is 0 Å². The number of hydrogen-bond donors (Lipinski definition) is 2. The molecule has 0 aliphatic heterocycles. The van der Waals surface area contributed by atoms with Gasteiger partial charge in [-0.05, 0) is 36.1 Å². The Labute approximate surface area is 147 Å². The first-order chi connectivity index (χ1) is 12.1. The van der Waals surface area contributed by atoms with Crippen molar-refractivity contribution in [3.8, 4) is 5.75 Å². The maximum Gasteiger partial charge on any atom is 0.307 e. The number of carboxylic acid groups (broad SMARTS) is 1. The van der Waals surface area contributed by atoms with Gasteiger partial charge in [0, 0.05) is 12.1 Å². The van der Waals surface area contributed by atoms with E-state index in [-0.39, 0.29) is 5.91 Å². The van der Waals surface area contributed by atoms with Gasteiger partial charge in [-0.2, -0.15) is 0 Å². The smallest absolute Gasteiger partial charge is 0.307 e. The van der Waals surface area contributed by atoms with E-state index in [4.69, 9.17) is 4.74 Å². The number of rotatable bonds is 6. The molecule has 1 aliphatic rings. The third-order valence-electron chi connectivity index (χ3n) is 5.06. The second-order valence-electron chi connectivity index (χ2n) is 6.49. The van der Waals surface area contributed by atoms with Gasteiger partial charge < -0.3 is 15.2 Å². The summed E-state index contributed by atoms with van der Waals surface area (Å²) in [6.07, 6.45) is 2.68. The third kappa shape index (κ3) is 3.60. The second kappa shape index (κ2) is 7.55. The van der Waals surface area contributed by atoms with Crippen LogP contribution in [0.25, 0.3) is 10.8 Å². The van der Waals surface area contributed by atoms with Gasteiger partial charge in [0.15, 0.2) is 0 Å². The van der Waals surface area contributed by atoms with Crippen molar-refractivity contribution >= 4 is 22.6 Å². The van der Waals surface area contributed by atoms with E-state index in [1.54, 1.807) is 7.11 Å². The molecule has 0 aromatic heterocycles. The molecule has 0 bridgehead atoms. The second-order valence-corrected chi connectivity index (χ2v) is 6.49. The molecule has 5 nitrogen and oxygen atoms in total. The molecule has 0 saturated heterocycles. The lowest BCUT2D eigenvalue weighted by Gasteiger charge is -2.16. The summed E-state index contributed by atoms with van der Waals surface area (Å²) in [5.74, 6) is -1.17. The SMILES string of the molecule is COc1ccc2ccccc2c1CCNC(=O)[C@@H]1CCC[C@@H]1C(=O)O. The van der Waals surface area contributed by atoms with Gasteiger partial charge in [-0.3, -0.25) is 9.59 Å². The maximum absolute atomic E-state index is 12.4. The Bertz CT molecular complexity index is 786. The third-order valence-corrected chi connectivity index (χ3v) is 5.06. The lowest BCUT2D eigenvalue weighted by Crippen LogP contribution is -2.36. The van der Waals surface area contributed by atoms with Crippen LogP contribution in [0.1, 0.15) is 24.8 Å². The molecule has 1 fully saturated rings. The minimum absolute atomic E-state index is 0.149. The lowest BCUT2D eigenvalue weighted by atomic mass is 9.95. The minimum atomic E-state index is -0.867. The Morgan fingerprint density at radius 2 is 1.92 bits per heavy atom. The standard InChI is InChI=1S/C20H23NO4/c1-25-18-10-9-13-5-2-3-6-14(13)15(18)11-12-21-19(22)16-7-4-8-17(16)20(23)24/h2-3,5-6,9-10,16-17H,4,7-8,11-12H2,1H3,(H,21,22)(H,23,24)/t16-,17+/m1/s1. The number of ether oxygens (including phenoxy) is 1. The predicted molar refractivity (Wildman–Crippen MR) is 95.7 cm³/mol. The molecule has 2 N–H and O–H groups in total. The van der Waals surface area contributed by atoms with Crippen molar-refractivity contribution in [2.75, 3.05) is 13.7 Å². The highest BCUT2D eigenvalue weighted by atomic mass is 16.5. The van der Waals surface area contributed by atoms with E-state index in [9.17, 15) is 14.7 Å². The Morgan fingerprint density at radius 1 is 1.16 bits per heavy atom. The summed E-state index contributed by atoms with van der Waals surface area (Å²) in [6, 6.07) is 12.0. The van der Waals surface area contributed by atoms with Gasteiger partial charge in [0.1, 0.15) is 5.75 Å². The molecule has 0 spiro atoms. The Kier molecular flexibility index (Phi) is 5.22. The first kappa shape index (κ1) is 17.3. The maximum atomic E-state index is 12.4. The summed E-state index contributed by atoms with van der Waals surface area (Å²) in [5.41, 5.74) is 1.06. The highest BCUT2D eigenvalue weighted by Gasteiger charge is 2.37. The first-order valence-electron chi connectivity index (χ1n) is 8.67. The van der Waals surface area contributed by atoms with E-state index in [0.717, 1.165) is 28.5 Å². The van der Waals surface area contributed by atoms with E-state index < -0.39 is 17.8 Å². The van der Waals surface area contributed by atoms with Gasteiger partial charge in [-0.25, -0.2) is 0 Å². The van der Waals surface area contributed by atoms with Crippen LogP contribution in [0.15, 0.2) is 36.4 Å². The number of nitrogens with one attached hydrogen (secondary N) is 1. The van der Waals surface area contributed by atoms with Gasteiger partial charge >= 0.3 is 5.97 Å². The van der Waals surface area contributed by atoms with Crippen LogP contribution in [0.2, 0.25) is 0 Å². The normalized spacial score (nSPS) is 19.7. The van der Waals surface area contributed by atoms with Crippen LogP contribution in [0.5, 0.6) is 5.75 Å². The van der Waals surface area contributed by atoms with E-state index >= 15 is 0 Å². The molecule has 0 heterocycles. The quantitative estimate of drug-likeness (QED) is 0.847. The number of aliphatic carboxylic acids is 1. The fourth-order valence-electron chi connectivity index (χ4n) is 3.78. The monoisotopic (exact) mass is 341 g/mol. The van der Waals surface area contributed by atoms with Crippen LogP contribution in [0, 0.1) is 11.8 Å². The number of benzene rings is 2. The Balaban J connectivity index is 1.69. The zero-order valence-electron chi connectivity index (χ0n) is 14.3. The number of carboxylic acids is 1. The molecular weight excluding hydrogens is 318 g/mol. The number of carbonyl (C=O) groups is 2. The fraction of sp³-hybridized carbons (Fsp3) is 0.400. The highest BCUT2D eigenvalue weighted by molar-refractivity contribution is 5.88. The summed E-state index contributed by atoms with van der Waals surface area (Å²) in [7, 11) is 1.64. The fourth-order valence-corrected chi connectivity index (χ4v) is 3.78. The van der Waals surface area contributed by atoms with Crippen molar-refractivity contribution in [1.82, 2.24) is 5.32 Å². The van der Waals surface area contributed by atoms with Crippen molar-refractivity contribution in [3.63, 3.8) is 0 Å². The predicted octanol–water partition coefficient (Wildman–Crippen LogP) is 3.01. The lowest BCUT2D eigenvalue weighted by molar-refractivity contribution is -0.146. The molecular formula is C20H23NO4. The van der Waals surface area contributed by atoms with Crippen molar-refractivity contribution < 1.29 is 19.4 Å². The number of methoxy groups -OCH3 is 1. The van der Waals surface area contributed by atoms with Crippen LogP contribution in [-0.2, 0) is 16.0 Å². The van der Waals surface area contributed by atoms with E-state index in [1.165, 1.54) is 0 Å². The Hall–Kier alpha value is -2.56. The summed E-state index contributed by atoms with van der Waals surface area (Å²) in [6.45, 7) is 0.464. The van der Waals surface area contributed by atoms with Crippen molar-refractivity contribution in [2.24, 2.45) is 11.8 Å². The van der Waals surface area contributed by atoms with Gasteiger partial charge in [0.2, 0.25) is 5.91 Å². The molecule has 25 heavy (non-hydrogen) atoms. The summed E-state index contributed by atoms with van der Waals surface area (Å²) in [4.78, 5) is 23.6. The molecule has 0 radical (unpaired) electrons. The number of hydrogen-bond acceptors (Lipinski definition) is 3. The zero-order valence-corrected chi connectivity index (χ0v) is 14.3. The molecule has 1 amide bonds. The van der Waals surface area contributed by atoms with Crippen LogP contribution < -0.4 is 10.1 Å². The van der Waals surface area contributed by atoms with Crippen molar-refractivity contribution in [2.45, 2.75) is 25.7 Å². The van der Waals surface area contributed by atoms with E-state index in [0.29, 0.717) is 25.8 Å². The minimum Gasteiger partial charge on any atom is -0.496 e. The van der Waals surface area contributed by atoms with Gasteiger partial charge in [0.25, 0.3) is 0 Å². The summed E-state index contributed by atoms with van der Waals surface area (Å²) >= 11 is 0. The highest BCUT2D eigenvalue weighted by Crippen LogP contribution is 2.32. The molecule has 132 valence electrons. The topological polar surface area (TPSA) is 75.6 Å². The largest absolute Gasteiger partial charge is 0.496 e. The average molecular weight is 341 g/mol. The molecule has 2 aromatic carbocycles. The van der Waals surface area contributed by atoms with Gasteiger partial charge in [-0.1, -0.05) is 36.8 Å². The molecule has 2 atom stereocenters. The summed E-state index contributed by atoms with van der Waals surface area (Å²) in [5, 5.41) is 14.4. The average Bonchev–Trinajstić information content (AvgIpc) is 3.12. The molecule has 2 aromatic rings. The molecule has 0 unspecified atom stereocenters. The molecule has 1 saturated carbocycles. The number of carbonyl (C=O) groups excluding carboxylic acids is 1. The number of fused-ring (bicyclic) bond motifs is 1. The van der Waals surface area contributed by atoms with Crippen LogP contribution in [-0.4, -0.2) is 30.6 Å². The van der Waals surface area contributed by atoms with Crippen molar-refractivity contribution in [3.05, 3.63) is 42.0 Å². The van der Waals surface area contributed by atoms with Crippen LogP contribution >= 0.6 is 0 Å². The molecule has 5 heteroatoms. The van der Waals surface area contributed by atoms with Crippen molar-refractivity contribution in [1.29, 1.82) is 0 Å². The summed E-state index contributed by atoms with van der Waals surface area (Å²) < 4.78 is 5.47. The Morgan fingerprint density at radius 3 is 2.68 bits per heavy atom. The first-order valence-corrected chi connectivity index (χ1v) is 8.67. The number of amides is 1. The van der Waals surface area contributed by atoms with E-state index in [2.05, 4.69) is 5.32 Å². The van der Waals surface area contributed by atoms with Crippen LogP contribution in [0.4, 0.5) is 0 Å². The molecule has 3 rings (SSSR count). The van der Waals surface area contributed by atoms with E-state index in [1.807, 2.05) is 36.4 Å².